The molecule has 0 radical (unpaired) electrons. The van der Waals surface area contributed by atoms with Crippen molar-refractivity contribution < 1.29 is 12.9 Å². The summed E-state index contributed by atoms with van der Waals surface area (Å²) >= 11 is 0. The Morgan fingerprint density at radius 3 is 2.21 bits per heavy atom. The van der Waals surface area contributed by atoms with Gasteiger partial charge >= 0.3 is 0 Å². The average Bonchev–Trinajstić information content (AvgIpc) is 2.59. The molecule has 6 heteroatoms. The van der Waals surface area contributed by atoms with Crippen LogP contribution in [0.2, 0.25) is 0 Å². The van der Waals surface area contributed by atoms with Crippen molar-refractivity contribution in [1.82, 2.24) is 9.46 Å². The molecule has 0 bridgehead atoms. The van der Waals surface area contributed by atoms with Crippen molar-refractivity contribution in [1.29, 1.82) is 0 Å². The fourth-order valence-corrected chi connectivity index (χ4v) is 4.51. The minimum absolute atomic E-state index is 0.0983. The van der Waals surface area contributed by atoms with E-state index < -0.39 is 10.0 Å². The van der Waals surface area contributed by atoms with Crippen molar-refractivity contribution in [2.24, 2.45) is 0 Å². The van der Waals surface area contributed by atoms with Gasteiger partial charge in [-0.05, 0) is 26.7 Å². The minimum Gasteiger partial charge on any atom is -0.360 e. The van der Waals surface area contributed by atoms with Gasteiger partial charge in [0.05, 0.1) is 0 Å². The number of aromatic nitrogens is 1. The third-order valence-corrected chi connectivity index (χ3v) is 6.10. The summed E-state index contributed by atoms with van der Waals surface area (Å²) in [7, 11) is -1.82. The number of hydrogen-bond acceptors (Lipinski definition) is 4. The molecule has 1 fully saturated rings. The highest BCUT2D eigenvalue weighted by Gasteiger charge is 2.33. The minimum atomic E-state index is -3.50. The lowest BCUT2D eigenvalue weighted by Crippen LogP contribution is -2.37. The highest BCUT2D eigenvalue weighted by Crippen LogP contribution is 2.28. The highest BCUT2D eigenvalue weighted by atomic mass is 32.2. The number of rotatable bonds is 3. The van der Waals surface area contributed by atoms with Crippen LogP contribution in [0, 0.1) is 13.8 Å². The van der Waals surface area contributed by atoms with E-state index in [1.54, 1.807) is 20.9 Å². The second-order valence-corrected chi connectivity index (χ2v) is 7.25. The first-order chi connectivity index (χ1) is 8.94. The normalized spacial score (nSPS) is 18.7. The van der Waals surface area contributed by atoms with Gasteiger partial charge in [-0.15, -0.1) is 0 Å². The van der Waals surface area contributed by atoms with Crippen LogP contribution in [0.5, 0.6) is 0 Å². The van der Waals surface area contributed by atoms with Crippen LogP contribution in [0.1, 0.15) is 50.0 Å². The zero-order chi connectivity index (χ0) is 14.0. The second-order valence-electron chi connectivity index (χ2n) is 5.32. The molecule has 0 N–H and O–H groups in total. The van der Waals surface area contributed by atoms with Crippen molar-refractivity contribution >= 4 is 10.0 Å². The van der Waals surface area contributed by atoms with Gasteiger partial charge in [-0.25, -0.2) is 8.42 Å². The maximum atomic E-state index is 12.7. The Bertz CT molecular complexity index is 509. The van der Waals surface area contributed by atoms with Crippen molar-refractivity contribution in [3.8, 4) is 0 Å². The molecule has 1 aliphatic carbocycles. The predicted molar refractivity (Wildman–Crippen MR) is 72.4 cm³/mol. The Morgan fingerprint density at radius 2 is 1.74 bits per heavy atom. The molecule has 0 aliphatic heterocycles. The van der Waals surface area contributed by atoms with Gasteiger partial charge in [-0.1, -0.05) is 30.8 Å². The summed E-state index contributed by atoms with van der Waals surface area (Å²) in [6.07, 6.45) is 6.50. The molecule has 0 atom stereocenters. The smallest absolute Gasteiger partial charge is 0.248 e. The van der Waals surface area contributed by atoms with E-state index in [-0.39, 0.29) is 10.9 Å². The van der Waals surface area contributed by atoms with E-state index in [2.05, 4.69) is 5.16 Å². The molecule has 0 amide bonds. The standard InChI is InChI=1S/C13H22N2O3S/c1-10-13(11(2)18-14-10)19(16,17)15(3)12-8-6-4-5-7-9-12/h12H,4-9H2,1-3H3. The van der Waals surface area contributed by atoms with E-state index in [0.29, 0.717) is 11.5 Å². The largest absolute Gasteiger partial charge is 0.360 e. The topological polar surface area (TPSA) is 63.4 Å². The van der Waals surface area contributed by atoms with Gasteiger partial charge in [-0.2, -0.15) is 4.31 Å². The Hall–Kier alpha value is -0.880. The molecule has 0 aromatic carbocycles. The first-order valence-electron chi connectivity index (χ1n) is 6.85. The molecule has 0 spiro atoms. The lowest BCUT2D eigenvalue weighted by Gasteiger charge is -2.26. The van der Waals surface area contributed by atoms with Crippen molar-refractivity contribution in [2.45, 2.75) is 63.3 Å². The van der Waals surface area contributed by atoms with Crippen molar-refractivity contribution in [3.63, 3.8) is 0 Å². The van der Waals surface area contributed by atoms with Crippen LogP contribution in [-0.2, 0) is 10.0 Å². The predicted octanol–water partition coefficient (Wildman–Crippen LogP) is 2.63. The van der Waals surface area contributed by atoms with Crippen LogP contribution in [0.25, 0.3) is 0 Å². The zero-order valence-electron chi connectivity index (χ0n) is 11.8. The van der Waals surface area contributed by atoms with Crippen LogP contribution in [-0.4, -0.2) is 31.0 Å². The molecule has 108 valence electrons. The van der Waals surface area contributed by atoms with Gasteiger partial charge in [0.1, 0.15) is 10.6 Å². The van der Waals surface area contributed by atoms with Crippen LogP contribution in [0.3, 0.4) is 0 Å². The number of hydrogen-bond donors (Lipinski definition) is 0. The van der Waals surface area contributed by atoms with E-state index >= 15 is 0 Å². The fourth-order valence-electron chi connectivity index (χ4n) is 2.80. The first kappa shape index (κ1) is 14.5. The lowest BCUT2D eigenvalue weighted by molar-refractivity contribution is 0.334. The van der Waals surface area contributed by atoms with Crippen LogP contribution in [0.15, 0.2) is 9.42 Å². The third-order valence-electron chi connectivity index (χ3n) is 3.94. The van der Waals surface area contributed by atoms with Gasteiger partial charge < -0.3 is 4.52 Å². The van der Waals surface area contributed by atoms with Crippen LogP contribution < -0.4 is 0 Å². The number of aryl methyl sites for hydroxylation is 2. The summed E-state index contributed by atoms with van der Waals surface area (Å²) < 4.78 is 31.9. The zero-order valence-corrected chi connectivity index (χ0v) is 12.7. The molecule has 1 aliphatic rings. The Morgan fingerprint density at radius 1 is 1.16 bits per heavy atom. The molecule has 1 aromatic rings. The molecule has 1 saturated carbocycles. The summed E-state index contributed by atoms with van der Waals surface area (Å²) in [4.78, 5) is 0.235. The number of nitrogens with zero attached hydrogens (tertiary/aromatic N) is 2. The molecule has 0 unspecified atom stereocenters. The fraction of sp³-hybridized carbons (Fsp3) is 0.769. The van der Waals surface area contributed by atoms with Gasteiger partial charge in [0, 0.05) is 13.1 Å². The van der Waals surface area contributed by atoms with Gasteiger partial charge in [0.15, 0.2) is 5.76 Å². The molecule has 2 rings (SSSR count). The maximum absolute atomic E-state index is 12.7. The summed E-state index contributed by atoms with van der Waals surface area (Å²) in [5.74, 6) is 0.373. The molecular formula is C13H22N2O3S. The van der Waals surface area contributed by atoms with Gasteiger partial charge in [0.2, 0.25) is 10.0 Å². The quantitative estimate of drug-likeness (QED) is 0.801. The van der Waals surface area contributed by atoms with E-state index in [9.17, 15) is 8.42 Å². The lowest BCUT2D eigenvalue weighted by atomic mass is 10.1. The second kappa shape index (κ2) is 5.63. The molecule has 1 aromatic heterocycles. The van der Waals surface area contributed by atoms with Crippen molar-refractivity contribution in [3.05, 3.63) is 11.5 Å². The molecule has 5 nitrogen and oxygen atoms in total. The summed E-state index contributed by atoms with van der Waals surface area (Å²) in [6, 6.07) is 0.0983. The van der Waals surface area contributed by atoms with Crippen LogP contribution >= 0.6 is 0 Å². The van der Waals surface area contributed by atoms with Gasteiger partial charge in [0.25, 0.3) is 0 Å². The molecule has 19 heavy (non-hydrogen) atoms. The Balaban J connectivity index is 2.28. The summed E-state index contributed by atoms with van der Waals surface area (Å²) in [5, 5.41) is 3.75. The first-order valence-corrected chi connectivity index (χ1v) is 8.29. The molecule has 0 saturated heterocycles. The SMILES string of the molecule is Cc1noc(C)c1S(=O)(=O)N(C)C1CCCCCC1. The monoisotopic (exact) mass is 286 g/mol. The summed E-state index contributed by atoms with van der Waals surface area (Å²) in [6.45, 7) is 3.32. The molecule has 1 heterocycles. The molecular weight excluding hydrogens is 264 g/mol. The average molecular weight is 286 g/mol. The third kappa shape index (κ3) is 2.84. The Labute approximate surface area is 115 Å². The van der Waals surface area contributed by atoms with E-state index in [4.69, 9.17) is 4.52 Å². The van der Waals surface area contributed by atoms with Crippen molar-refractivity contribution in [2.75, 3.05) is 7.05 Å². The Kier molecular flexibility index (Phi) is 4.30. The van der Waals surface area contributed by atoms with E-state index in [0.717, 1.165) is 25.7 Å². The van der Waals surface area contributed by atoms with E-state index in [1.807, 2.05) is 0 Å². The van der Waals surface area contributed by atoms with E-state index in [1.165, 1.54) is 17.1 Å². The number of sulfonamides is 1. The van der Waals surface area contributed by atoms with Gasteiger partial charge in [-0.3, -0.25) is 0 Å². The highest BCUT2D eigenvalue weighted by molar-refractivity contribution is 7.89. The van der Waals surface area contributed by atoms with Crippen LogP contribution in [0.4, 0.5) is 0 Å². The maximum Gasteiger partial charge on any atom is 0.248 e. The summed E-state index contributed by atoms with van der Waals surface area (Å²) in [5.41, 5.74) is 0.443.